The molecule has 0 atom stereocenters. The summed E-state index contributed by atoms with van der Waals surface area (Å²) in [7, 11) is -3.53. The molecule has 2 rings (SSSR count). The third-order valence-electron chi connectivity index (χ3n) is 3.22. The van der Waals surface area contributed by atoms with Crippen LogP contribution in [0.5, 0.6) is 0 Å². The Kier molecular flexibility index (Phi) is 4.24. The molecule has 0 spiro atoms. The molecule has 2 aromatic heterocycles. The number of rotatable bonds is 6. The average Bonchev–Trinajstić information content (AvgIpc) is 3.01. The Morgan fingerprint density at radius 2 is 2.10 bits per heavy atom. The summed E-state index contributed by atoms with van der Waals surface area (Å²) in [5, 5.41) is 0.105. The zero-order chi connectivity index (χ0) is 14.8. The molecule has 7 nitrogen and oxygen atoms in total. The van der Waals surface area contributed by atoms with E-state index in [1.54, 1.807) is 6.33 Å². The lowest BCUT2D eigenvalue weighted by atomic mass is 10.4. The summed E-state index contributed by atoms with van der Waals surface area (Å²) in [6.07, 6.45) is 3.72. The van der Waals surface area contributed by atoms with Gasteiger partial charge >= 0.3 is 0 Å². The highest BCUT2D eigenvalue weighted by Crippen LogP contribution is 2.06. The summed E-state index contributed by atoms with van der Waals surface area (Å²) < 4.78 is 28.5. The van der Waals surface area contributed by atoms with Crippen LogP contribution in [-0.2, 0) is 23.0 Å². The standard InChI is InChI=1S/C12H19N5O2S/c1-4-11-13-7-12(16-11)20(18,19)15-5-6-17-8-14-9(2)10(17)3/h7-8,15H,4-6H2,1-3H3,(H,13,16). The molecule has 2 heterocycles. The Balaban J connectivity index is 1.97. The van der Waals surface area contributed by atoms with E-state index in [-0.39, 0.29) is 5.03 Å². The number of nitrogens with one attached hydrogen (secondary N) is 2. The number of nitrogens with zero attached hydrogens (tertiary/aromatic N) is 3. The Morgan fingerprint density at radius 3 is 2.65 bits per heavy atom. The van der Waals surface area contributed by atoms with Gasteiger partial charge in [-0.2, -0.15) is 0 Å². The minimum atomic E-state index is -3.53. The SMILES string of the molecule is CCc1ncc(S(=O)(=O)NCCn2cnc(C)c2C)[nH]1. The molecular formula is C12H19N5O2S. The highest BCUT2D eigenvalue weighted by Gasteiger charge is 2.16. The highest BCUT2D eigenvalue weighted by molar-refractivity contribution is 7.89. The largest absolute Gasteiger partial charge is 0.333 e. The number of H-pyrrole nitrogens is 1. The smallest absolute Gasteiger partial charge is 0.257 e. The van der Waals surface area contributed by atoms with E-state index >= 15 is 0 Å². The molecule has 20 heavy (non-hydrogen) atoms. The summed E-state index contributed by atoms with van der Waals surface area (Å²) in [5.74, 6) is 0.659. The fourth-order valence-corrected chi connectivity index (χ4v) is 2.77. The van der Waals surface area contributed by atoms with Gasteiger partial charge in [0, 0.05) is 25.2 Å². The van der Waals surface area contributed by atoms with E-state index in [1.165, 1.54) is 6.20 Å². The van der Waals surface area contributed by atoms with Crippen LogP contribution < -0.4 is 4.72 Å². The molecule has 0 saturated heterocycles. The predicted octanol–water partition coefficient (Wildman–Crippen LogP) is 0.764. The van der Waals surface area contributed by atoms with Crippen molar-refractivity contribution >= 4 is 10.0 Å². The van der Waals surface area contributed by atoms with E-state index in [9.17, 15) is 8.42 Å². The molecule has 0 aliphatic heterocycles. The van der Waals surface area contributed by atoms with Crippen molar-refractivity contribution in [2.24, 2.45) is 0 Å². The van der Waals surface area contributed by atoms with E-state index in [4.69, 9.17) is 0 Å². The maximum Gasteiger partial charge on any atom is 0.257 e. The van der Waals surface area contributed by atoms with Crippen LogP contribution in [0.25, 0.3) is 0 Å². The Hall–Kier alpha value is -1.67. The Morgan fingerprint density at radius 1 is 1.35 bits per heavy atom. The van der Waals surface area contributed by atoms with Gasteiger partial charge in [0.1, 0.15) is 5.82 Å². The van der Waals surface area contributed by atoms with Crippen LogP contribution in [0.15, 0.2) is 17.6 Å². The molecule has 8 heteroatoms. The number of aromatic amines is 1. The molecule has 0 aliphatic carbocycles. The number of hydrogen-bond acceptors (Lipinski definition) is 4. The number of sulfonamides is 1. The summed E-state index contributed by atoms with van der Waals surface area (Å²) in [5.41, 5.74) is 1.99. The average molecular weight is 297 g/mol. The van der Waals surface area contributed by atoms with E-state index in [0.29, 0.717) is 25.3 Å². The van der Waals surface area contributed by atoms with Crippen LogP contribution in [0, 0.1) is 13.8 Å². The third kappa shape index (κ3) is 3.07. The van der Waals surface area contributed by atoms with Crippen molar-refractivity contribution in [2.45, 2.75) is 38.8 Å². The van der Waals surface area contributed by atoms with Crippen molar-refractivity contribution in [1.29, 1.82) is 0 Å². The molecule has 0 bridgehead atoms. The van der Waals surface area contributed by atoms with Crippen LogP contribution in [0.1, 0.15) is 24.1 Å². The van der Waals surface area contributed by atoms with Crippen molar-refractivity contribution in [1.82, 2.24) is 24.2 Å². The number of hydrogen-bond donors (Lipinski definition) is 2. The number of aryl methyl sites for hydroxylation is 2. The van der Waals surface area contributed by atoms with Crippen LogP contribution in [-0.4, -0.2) is 34.5 Å². The molecule has 0 amide bonds. The zero-order valence-corrected chi connectivity index (χ0v) is 12.7. The zero-order valence-electron chi connectivity index (χ0n) is 11.8. The molecule has 0 radical (unpaired) electrons. The van der Waals surface area contributed by atoms with Crippen LogP contribution in [0.2, 0.25) is 0 Å². The minimum Gasteiger partial charge on any atom is -0.333 e. The van der Waals surface area contributed by atoms with Crippen LogP contribution >= 0.6 is 0 Å². The van der Waals surface area contributed by atoms with Crippen molar-refractivity contribution in [3.63, 3.8) is 0 Å². The van der Waals surface area contributed by atoms with Crippen molar-refractivity contribution < 1.29 is 8.42 Å². The third-order valence-corrected chi connectivity index (χ3v) is 4.59. The van der Waals surface area contributed by atoms with Gasteiger partial charge in [-0.1, -0.05) is 6.92 Å². The molecule has 0 unspecified atom stereocenters. The second-order valence-electron chi connectivity index (χ2n) is 4.55. The molecule has 110 valence electrons. The van der Waals surface area contributed by atoms with Gasteiger partial charge in [-0.05, 0) is 13.8 Å². The summed E-state index contributed by atoms with van der Waals surface area (Å²) >= 11 is 0. The lowest BCUT2D eigenvalue weighted by Gasteiger charge is -2.07. The maximum atomic E-state index is 12.0. The normalized spacial score (nSPS) is 11.9. The second kappa shape index (κ2) is 5.76. The van der Waals surface area contributed by atoms with Crippen molar-refractivity contribution in [3.05, 3.63) is 29.7 Å². The molecule has 0 saturated carbocycles. The Bertz CT molecular complexity index is 687. The molecule has 2 N–H and O–H groups in total. The fourth-order valence-electron chi connectivity index (χ4n) is 1.81. The first-order valence-corrected chi connectivity index (χ1v) is 7.94. The second-order valence-corrected chi connectivity index (χ2v) is 6.29. The van der Waals surface area contributed by atoms with Crippen LogP contribution in [0.3, 0.4) is 0 Å². The predicted molar refractivity (Wildman–Crippen MR) is 74.9 cm³/mol. The van der Waals surface area contributed by atoms with Crippen molar-refractivity contribution in [2.75, 3.05) is 6.54 Å². The molecule has 0 fully saturated rings. The maximum absolute atomic E-state index is 12.0. The first-order chi connectivity index (χ1) is 9.44. The quantitative estimate of drug-likeness (QED) is 0.823. The van der Waals surface area contributed by atoms with Gasteiger partial charge in [-0.25, -0.2) is 23.1 Å². The summed E-state index contributed by atoms with van der Waals surface area (Å²) in [6, 6.07) is 0. The summed E-state index contributed by atoms with van der Waals surface area (Å²) in [6.45, 7) is 6.64. The van der Waals surface area contributed by atoms with Gasteiger partial charge in [0.05, 0.1) is 18.2 Å². The van der Waals surface area contributed by atoms with Gasteiger partial charge in [0.25, 0.3) is 10.0 Å². The van der Waals surface area contributed by atoms with Crippen LogP contribution in [0.4, 0.5) is 0 Å². The van der Waals surface area contributed by atoms with E-state index in [2.05, 4.69) is 19.7 Å². The molecule has 2 aromatic rings. The van der Waals surface area contributed by atoms with Gasteiger partial charge in [0.2, 0.25) is 0 Å². The molecular weight excluding hydrogens is 278 g/mol. The van der Waals surface area contributed by atoms with Gasteiger partial charge < -0.3 is 9.55 Å². The topological polar surface area (TPSA) is 92.7 Å². The molecule has 0 aliphatic rings. The number of aromatic nitrogens is 4. The minimum absolute atomic E-state index is 0.105. The lowest BCUT2D eigenvalue weighted by Crippen LogP contribution is -2.27. The lowest BCUT2D eigenvalue weighted by molar-refractivity contribution is 0.568. The van der Waals surface area contributed by atoms with Gasteiger partial charge in [0.15, 0.2) is 5.03 Å². The van der Waals surface area contributed by atoms with E-state index < -0.39 is 10.0 Å². The van der Waals surface area contributed by atoms with Crippen molar-refractivity contribution in [3.8, 4) is 0 Å². The monoisotopic (exact) mass is 297 g/mol. The highest BCUT2D eigenvalue weighted by atomic mass is 32.2. The fraction of sp³-hybridized carbons (Fsp3) is 0.500. The number of imidazole rings is 2. The molecule has 0 aromatic carbocycles. The van der Waals surface area contributed by atoms with E-state index in [1.807, 2.05) is 25.3 Å². The Labute approximate surface area is 118 Å². The van der Waals surface area contributed by atoms with E-state index in [0.717, 1.165) is 11.4 Å². The first kappa shape index (κ1) is 14.7. The summed E-state index contributed by atoms with van der Waals surface area (Å²) in [4.78, 5) is 11.0. The first-order valence-electron chi connectivity index (χ1n) is 6.46. The van der Waals surface area contributed by atoms with Gasteiger partial charge in [-0.15, -0.1) is 0 Å². The van der Waals surface area contributed by atoms with Gasteiger partial charge in [-0.3, -0.25) is 0 Å².